The van der Waals surface area contributed by atoms with E-state index in [1.165, 1.54) is 25.7 Å². The lowest BCUT2D eigenvalue weighted by molar-refractivity contribution is -0.122. The largest absolute Gasteiger partial charge is 0.353 e. The van der Waals surface area contributed by atoms with Crippen LogP contribution in [0.3, 0.4) is 0 Å². The molecular formula is C11H23N3O. The van der Waals surface area contributed by atoms with Crippen molar-refractivity contribution in [2.24, 2.45) is 11.5 Å². The van der Waals surface area contributed by atoms with Crippen molar-refractivity contribution < 1.29 is 4.79 Å². The van der Waals surface area contributed by atoms with Crippen molar-refractivity contribution in [1.82, 2.24) is 5.32 Å². The topological polar surface area (TPSA) is 81.1 Å². The van der Waals surface area contributed by atoms with E-state index in [9.17, 15) is 4.79 Å². The third-order valence-corrected chi connectivity index (χ3v) is 3.13. The Bertz CT molecular complexity index is 208. The summed E-state index contributed by atoms with van der Waals surface area (Å²) in [7, 11) is 0. The number of nitrogens with one attached hydrogen (secondary N) is 1. The molecule has 0 bridgehead atoms. The molecule has 0 aliphatic heterocycles. The van der Waals surface area contributed by atoms with Crippen molar-refractivity contribution in [1.29, 1.82) is 0 Å². The zero-order valence-electron chi connectivity index (χ0n) is 9.59. The van der Waals surface area contributed by atoms with Gasteiger partial charge in [-0.05, 0) is 19.8 Å². The van der Waals surface area contributed by atoms with Crippen LogP contribution < -0.4 is 16.8 Å². The fourth-order valence-corrected chi connectivity index (χ4v) is 2.03. The molecule has 4 heteroatoms. The molecule has 1 amide bonds. The van der Waals surface area contributed by atoms with E-state index < -0.39 is 6.04 Å². The van der Waals surface area contributed by atoms with Crippen molar-refractivity contribution in [2.75, 3.05) is 6.54 Å². The van der Waals surface area contributed by atoms with Crippen molar-refractivity contribution in [3.8, 4) is 0 Å². The molecule has 1 fully saturated rings. The molecule has 0 heterocycles. The second-order valence-electron chi connectivity index (χ2n) is 4.78. The van der Waals surface area contributed by atoms with Crippen molar-refractivity contribution in [2.45, 2.75) is 57.0 Å². The number of rotatable bonds is 3. The van der Waals surface area contributed by atoms with E-state index in [1.807, 2.05) is 0 Å². The molecule has 0 radical (unpaired) electrons. The van der Waals surface area contributed by atoms with Gasteiger partial charge in [-0.25, -0.2) is 0 Å². The zero-order chi connectivity index (χ0) is 11.3. The highest BCUT2D eigenvalue weighted by Gasteiger charge is 2.26. The van der Waals surface area contributed by atoms with E-state index in [0.717, 1.165) is 12.8 Å². The predicted octanol–water partition coefficient (Wildman–Crippen LogP) is 0.502. The van der Waals surface area contributed by atoms with Gasteiger partial charge >= 0.3 is 0 Å². The van der Waals surface area contributed by atoms with E-state index in [-0.39, 0.29) is 11.4 Å². The molecule has 0 unspecified atom stereocenters. The number of amides is 1. The summed E-state index contributed by atoms with van der Waals surface area (Å²) in [4.78, 5) is 11.3. The van der Waals surface area contributed by atoms with E-state index >= 15 is 0 Å². The van der Waals surface area contributed by atoms with Crippen LogP contribution >= 0.6 is 0 Å². The maximum Gasteiger partial charge on any atom is 0.236 e. The SMILES string of the molecule is C[C@H](N)C(=O)NCC1(N)CCCCCC1. The quantitative estimate of drug-likeness (QED) is 0.597. The van der Waals surface area contributed by atoms with E-state index in [4.69, 9.17) is 11.5 Å². The van der Waals surface area contributed by atoms with Crippen LogP contribution in [0.4, 0.5) is 0 Å². The minimum absolute atomic E-state index is 0.107. The number of nitrogens with two attached hydrogens (primary N) is 2. The second kappa shape index (κ2) is 5.47. The first kappa shape index (κ1) is 12.5. The van der Waals surface area contributed by atoms with E-state index in [1.54, 1.807) is 6.92 Å². The van der Waals surface area contributed by atoms with Gasteiger partial charge in [-0.2, -0.15) is 0 Å². The molecule has 15 heavy (non-hydrogen) atoms. The van der Waals surface area contributed by atoms with Crippen LogP contribution in [0.2, 0.25) is 0 Å². The summed E-state index contributed by atoms with van der Waals surface area (Å²) < 4.78 is 0. The lowest BCUT2D eigenvalue weighted by atomic mass is 9.91. The summed E-state index contributed by atoms with van der Waals surface area (Å²) in [5.41, 5.74) is 11.5. The van der Waals surface area contributed by atoms with Gasteiger partial charge in [0.05, 0.1) is 6.04 Å². The Kier molecular flexibility index (Phi) is 4.54. The zero-order valence-corrected chi connectivity index (χ0v) is 9.59. The molecule has 0 spiro atoms. The number of hydrogen-bond acceptors (Lipinski definition) is 3. The smallest absolute Gasteiger partial charge is 0.236 e. The van der Waals surface area contributed by atoms with Crippen molar-refractivity contribution in [3.63, 3.8) is 0 Å². The lowest BCUT2D eigenvalue weighted by Gasteiger charge is -2.28. The lowest BCUT2D eigenvalue weighted by Crippen LogP contribution is -2.52. The molecule has 1 atom stereocenters. The molecule has 1 aliphatic carbocycles. The number of carbonyl (C=O) groups excluding carboxylic acids is 1. The van der Waals surface area contributed by atoms with Crippen LogP contribution in [0.1, 0.15) is 45.4 Å². The van der Waals surface area contributed by atoms with Gasteiger partial charge in [0.1, 0.15) is 0 Å². The van der Waals surface area contributed by atoms with Gasteiger partial charge in [-0.1, -0.05) is 25.7 Å². The summed E-state index contributed by atoms with van der Waals surface area (Å²) in [5, 5.41) is 2.83. The van der Waals surface area contributed by atoms with Gasteiger partial charge in [0, 0.05) is 12.1 Å². The molecule has 4 nitrogen and oxygen atoms in total. The standard InChI is InChI=1S/C11H23N3O/c1-9(12)10(15)14-8-11(13)6-4-2-3-5-7-11/h9H,2-8,12-13H2,1H3,(H,14,15)/t9-/m0/s1. The van der Waals surface area contributed by atoms with Crippen molar-refractivity contribution in [3.05, 3.63) is 0 Å². The highest BCUT2D eigenvalue weighted by molar-refractivity contribution is 5.81. The van der Waals surface area contributed by atoms with Crippen LogP contribution in [0.15, 0.2) is 0 Å². The van der Waals surface area contributed by atoms with Crippen LogP contribution in [-0.2, 0) is 4.79 Å². The molecule has 0 saturated heterocycles. The summed E-state index contributed by atoms with van der Waals surface area (Å²) in [6, 6.07) is -0.445. The monoisotopic (exact) mass is 213 g/mol. The fourth-order valence-electron chi connectivity index (χ4n) is 2.03. The molecule has 1 rings (SSSR count). The molecule has 0 aromatic carbocycles. The molecule has 1 saturated carbocycles. The number of hydrogen-bond donors (Lipinski definition) is 3. The summed E-state index contributed by atoms with van der Waals surface area (Å²) in [6.07, 6.45) is 6.88. The highest BCUT2D eigenvalue weighted by Crippen LogP contribution is 2.24. The summed E-state index contributed by atoms with van der Waals surface area (Å²) in [5.74, 6) is -0.107. The first-order chi connectivity index (χ1) is 7.03. The number of carbonyl (C=O) groups is 1. The summed E-state index contributed by atoms with van der Waals surface area (Å²) >= 11 is 0. The molecule has 88 valence electrons. The normalized spacial score (nSPS) is 22.9. The Labute approximate surface area is 91.8 Å². The highest BCUT2D eigenvalue weighted by atomic mass is 16.2. The second-order valence-corrected chi connectivity index (χ2v) is 4.78. The Hall–Kier alpha value is -0.610. The van der Waals surface area contributed by atoms with Crippen molar-refractivity contribution >= 4 is 5.91 Å². The van der Waals surface area contributed by atoms with Gasteiger partial charge < -0.3 is 16.8 Å². The minimum atomic E-state index is -0.445. The van der Waals surface area contributed by atoms with Crippen LogP contribution in [-0.4, -0.2) is 24.0 Å². The van der Waals surface area contributed by atoms with Gasteiger partial charge in [0.25, 0.3) is 0 Å². The fraction of sp³-hybridized carbons (Fsp3) is 0.909. The van der Waals surface area contributed by atoms with Gasteiger partial charge in [-0.3, -0.25) is 4.79 Å². The first-order valence-corrected chi connectivity index (χ1v) is 5.86. The Morgan fingerprint density at radius 1 is 1.33 bits per heavy atom. The Morgan fingerprint density at radius 3 is 2.33 bits per heavy atom. The maximum absolute atomic E-state index is 11.3. The van der Waals surface area contributed by atoms with E-state index in [0.29, 0.717) is 6.54 Å². The van der Waals surface area contributed by atoms with Gasteiger partial charge in [-0.15, -0.1) is 0 Å². The van der Waals surface area contributed by atoms with Crippen LogP contribution in [0.25, 0.3) is 0 Å². The molecule has 0 aromatic heterocycles. The first-order valence-electron chi connectivity index (χ1n) is 5.86. The molecular weight excluding hydrogens is 190 g/mol. The molecule has 1 aliphatic rings. The summed E-state index contributed by atoms with van der Waals surface area (Å²) in [6.45, 7) is 2.25. The average molecular weight is 213 g/mol. The van der Waals surface area contributed by atoms with Crippen LogP contribution in [0, 0.1) is 0 Å². The van der Waals surface area contributed by atoms with Gasteiger partial charge in [0.2, 0.25) is 5.91 Å². The molecule has 5 N–H and O–H groups in total. The maximum atomic E-state index is 11.3. The predicted molar refractivity (Wildman–Crippen MR) is 61.3 cm³/mol. The van der Waals surface area contributed by atoms with E-state index in [2.05, 4.69) is 5.32 Å². The average Bonchev–Trinajstić information content (AvgIpc) is 2.40. The third-order valence-electron chi connectivity index (χ3n) is 3.13. The third kappa shape index (κ3) is 4.18. The van der Waals surface area contributed by atoms with Crippen LogP contribution in [0.5, 0.6) is 0 Å². The Morgan fingerprint density at radius 2 is 1.87 bits per heavy atom. The molecule has 0 aromatic rings. The minimum Gasteiger partial charge on any atom is -0.353 e. The van der Waals surface area contributed by atoms with Gasteiger partial charge in [0.15, 0.2) is 0 Å². The Balaban J connectivity index is 2.37.